The second kappa shape index (κ2) is 9.72. The lowest BCUT2D eigenvalue weighted by Crippen LogP contribution is -2.24. The smallest absolute Gasteiger partial charge is 0.184 e. The van der Waals surface area contributed by atoms with E-state index < -0.39 is 0 Å². The number of halogens is 1. The van der Waals surface area contributed by atoms with E-state index in [4.69, 9.17) is 22.7 Å². The summed E-state index contributed by atoms with van der Waals surface area (Å²) in [5, 5.41) is 4.09. The number of hydrazone groups is 1. The fourth-order valence-corrected chi connectivity index (χ4v) is 2.50. The van der Waals surface area contributed by atoms with E-state index in [9.17, 15) is 4.39 Å². The van der Waals surface area contributed by atoms with Crippen molar-refractivity contribution in [3.8, 4) is 5.75 Å². The minimum absolute atomic E-state index is 0.0924. The monoisotopic (exact) mass is 374 g/mol. The third-order valence-electron chi connectivity index (χ3n) is 3.81. The van der Waals surface area contributed by atoms with Crippen LogP contribution in [0.15, 0.2) is 47.6 Å². The van der Waals surface area contributed by atoms with Crippen LogP contribution in [0.1, 0.15) is 25.0 Å². The molecule has 2 rings (SSSR count). The molecule has 0 aliphatic heterocycles. The molecule has 138 valence electrons. The minimum atomic E-state index is -0.270. The van der Waals surface area contributed by atoms with E-state index >= 15 is 0 Å². The van der Waals surface area contributed by atoms with Crippen LogP contribution >= 0.6 is 12.2 Å². The van der Waals surface area contributed by atoms with Crippen molar-refractivity contribution in [3.05, 3.63) is 59.4 Å². The molecule has 0 atom stereocenters. The lowest BCUT2D eigenvalue weighted by molar-refractivity contribution is 0.305. The Morgan fingerprint density at radius 3 is 2.54 bits per heavy atom. The minimum Gasteiger partial charge on any atom is -0.488 e. The Balaban J connectivity index is 2.24. The number of anilines is 1. The van der Waals surface area contributed by atoms with Gasteiger partial charge in [0.05, 0.1) is 6.21 Å². The summed E-state index contributed by atoms with van der Waals surface area (Å²) in [4.78, 5) is 2.22. The van der Waals surface area contributed by atoms with Gasteiger partial charge in [-0.3, -0.25) is 5.43 Å². The van der Waals surface area contributed by atoms with Gasteiger partial charge in [-0.25, -0.2) is 4.39 Å². The Morgan fingerprint density at radius 1 is 1.23 bits per heavy atom. The zero-order chi connectivity index (χ0) is 18.9. The van der Waals surface area contributed by atoms with Gasteiger partial charge >= 0.3 is 0 Å². The van der Waals surface area contributed by atoms with Crippen LogP contribution in [-0.4, -0.2) is 24.4 Å². The SMILES string of the molecule is CCN(CC)c1ccc(C=NNC(N)=S)c(OCc2ccc(F)cc2)c1. The first-order chi connectivity index (χ1) is 12.5. The quantitative estimate of drug-likeness (QED) is 0.421. The maximum Gasteiger partial charge on any atom is 0.184 e. The van der Waals surface area contributed by atoms with Gasteiger partial charge in [0.15, 0.2) is 5.11 Å². The summed E-state index contributed by atoms with van der Waals surface area (Å²) >= 11 is 4.74. The van der Waals surface area contributed by atoms with Crippen molar-refractivity contribution < 1.29 is 9.13 Å². The highest BCUT2D eigenvalue weighted by Gasteiger charge is 2.08. The molecule has 2 aromatic carbocycles. The normalized spacial score (nSPS) is 10.7. The predicted molar refractivity (Wildman–Crippen MR) is 108 cm³/mol. The molecule has 26 heavy (non-hydrogen) atoms. The summed E-state index contributed by atoms with van der Waals surface area (Å²) < 4.78 is 19.0. The standard InChI is InChI=1S/C19H23FN4OS/c1-3-24(4-2)17-10-7-15(12-22-23-19(21)26)18(11-17)25-13-14-5-8-16(20)9-6-14/h5-12H,3-4,13H2,1-2H3,(H3,21,23,26). The molecule has 0 aromatic heterocycles. The molecule has 0 fully saturated rings. The van der Waals surface area contributed by atoms with Crippen molar-refractivity contribution in [1.29, 1.82) is 0 Å². The van der Waals surface area contributed by atoms with E-state index in [1.54, 1.807) is 18.3 Å². The molecule has 0 heterocycles. The fraction of sp³-hybridized carbons (Fsp3) is 0.263. The van der Waals surface area contributed by atoms with Gasteiger partial charge in [-0.2, -0.15) is 5.10 Å². The molecule has 7 heteroatoms. The maximum atomic E-state index is 13.0. The molecular formula is C19H23FN4OS. The predicted octanol–water partition coefficient (Wildman–Crippen LogP) is 3.42. The van der Waals surface area contributed by atoms with Crippen LogP contribution < -0.4 is 20.8 Å². The molecule has 0 spiro atoms. The lowest BCUT2D eigenvalue weighted by Gasteiger charge is -2.22. The third kappa shape index (κ3) is 5.70. The fourth-order valence-electron chi connectivity index (χ4n) is 2.45. The second-order valence-electron chi connectivity index (χ2n) is 5.54. The number of thiocarbonyl (C=S) groups is 1. The first-order valence-corrected chi connectivity index (χ1v) is 8.79. The van der Waals surface area contributed by atoms with Gasteiger partial charge in [-0.05, 0) is 55.9 Å². The topological polar surface area (TPSA) is 62.9 Å². The first-order valence-electron chi connectivity index (χ1n) is 8.38. The molecule has 0 saturated carbocycles. The zero-order valence-corrected chi connectivity index (χ0v) is 15.7. The molecule has 5 nitrogen and oxygen atoms in total. The highest BCUT2D eigenvalue weighted by molar-refractivity contribution is 7.80. The van der Waals surface area contributed by atoms with Crippen molar-refractivity contribution in [1.82, 2.24) is 5.43 Å². The Morgan fingerprint density at radius 2 is 1.92 bits per heavy atom. The van der Waals surface area contributed by atoms with E-state index in [2.05, 4.69) is 29.3 Å². The molecule has 0 unspecified atom stereocenters. The van der Waals surface area contributed by atoms with Gasteiger partial charge in [0, 0.05) is 30.4 Å². The Bertz CT molecular complexity index is 761. The average molecular weight is 374 g/mol. The summed E-state index contributed by atoms with van der Waals surface area (Å²) in [7, 11) is 0. The van der Waals surface area contributed by atoms with Crippen molar-refractivity contribution in [2.75, 3.05) is 18.0 Å². The number of ether oxygens (including phenoxy) is 1. The molecule has 0 aliphatic carbocycles. The van der Waals surface area contributed by atoms with Crippen LogP contribution in [0, 0.1) is 5.82 Å². The van der Waals surface area contributed by atoms with E-state index in [1.807, 2.05) is 18.2 Å². The second-order valence-corrected chi connectivity index (χ2v) is 5.98. The highest BCUT2D eigenvalue weighted by Crippen LogP contribution is 2.26. The van der Waals surface area contributed by atoms with Crippen LogP contribution in [0.25, 0.3) is 0 Å². The molecule has 0 amide bonds. The van der Waals surface area contributed by atoms with E-state index in [-0.39, 0.29) is 10.9 Å². The molecule has 0 radical (unpaired) electrons. The number of nitrogens with two attached hydrogens (primary N) is 1. The summed E-state index contributed by atoms with van der Waals surface area (Å²) in [5.41, 5.74) is 10.6. The third-order valence-corrected chi connectivity index (χ3v) is 3.90. The Hall–Kier alpha value is -2.67. The number of rotatable bonds is 8. The number of hydrogen-bond donors (Lipinski definition) is 2. The van der Waals surface area contributed by atoms with Gasteiger partial charge in [-0.15, -0.1) is 0 Å². The molecule has 0 aliphatic rings. The number of nitrogens with zero attached hydrogens (tertiary/aromatic N) is 2. The number of hydrogen-bond acceptors (Lipinski definition) is 4. The Labute approximate surface area is 158 Å². The Kier molecular flexibility index (Phi) is 7.35. The molecule has 2 aromatic rings. The van der Waals surface area contributed by atoms with E-state index in [0.29, 0.717) is 12.4 Å². The van der Waals surface area contributed by atoms with Crippen LogP contribution in [0.2, 0.25) is 0 Å². The number of nitrogens with one attached hydrogen (secondary N) is 1. The largest absolute Gasteiger partial charge is 0.488 e. The average Bonchev–Trinajstić information content (AvgIpc) is 2.63. The van der Waals surface area contributed by atoms with E-state index in [1.165, 1.54) is 12.1 Å². The van der Waals surface area contributed by atoms with Crippen LogP contribution in [0.5, 0.6) is 5.75 Å². The van der Waals surface area contributed by atoms with Gasteiger partial charge in [0.1, 0.15) is 18.2 Å². The molecular weight excluding hydrogens is 351 g/mol. The van der Waals surface area contributed by atoms with E-state index in [0.717, 1.165) is 29.9 Å². The number of benzene rings is 2. The van der Waals surface area contributed by atoms with Crippen LogP contribution in [0.4, 0.5) is 10.1 Å². The maximum absolute atomic E-state index is 13.0. The van der Waals surface area contributed by atoms with Crippen molar-refractivity contribution in [3.63, 3.8) is 0 Å². The van der Waals surface area contributed by atoms with Gasteiger partial charge in [0.2, 0.25) is 0 Å². The zero-order valence-electron chi connectivity index (χ0n) is 14.9. The lowest BCUT2D eigenvalue weighted by atomic mass is 10.1. The van der Waals surface area contributed by atoms with Crippen LogP contribution in [0.3, 0.4) is 0 Å². The summed E-state index contributed by atoms with van der Waals surface area (Å²) in [5.74, 6) is 0.404. The highest BCUT2D eigenvalue weighted by atomic mass is 32.1. The van der Waals surface area contributed by atoms with Crippen LogP contribution in [-0.2, 0) is 6.61 Å². The summed E-state index contributed by atoms with van der Waals surface area (Å²) in [6.07, 6.45) is 1.60. The van der Waals surface area contributed by atoms with Gasteiger partial charge < -0.3 is 15.4 Å². The summed E-state index contributed by atoms with van der Waals surface area (Å²) in [6, 6.07) is 12.1. The van der Waals surface area contributed by atoms with Crippen molar-refractivity contribution in [2.24, 2.45) is 10.8 Å². The van der Waals surface area contributed by atoms with Crippen molar-refractivity contribution in [2.45, 2.75) is 20.5 Å². The van der Waals surface area contributed by atoms with Gasteiger partial charge in [-0.1, -0.05) is 12.1 Å². The summed E-state index contributed by atoms with van der Waals surface area (Å²) in [6.45, 7) is 6.31. The van der Waals surface area contributed by atoms with Crippen molar-refractivity contribution >= 4 is 29.2 Å². The first kappa shape index (κ1) is 19.7. The molecule has 3 N–H and O–H groups in total. The molecule has 0 saturated heterocycles. The molecule has 0 bridgehead atoms. The van der Waals surface area contributed by atoms with Gasteiger partial charge in [0.25, 0.3) is 0 Å².